The summed E-state index contributed by atoms with van der Waals surface area (Å²) in [5, 5.41) is 0. The molecule has 4 heteroatoms. The highest BCUT2D eigenvalue weighted by Crippen LogP contribution is 2.22. The number of anilines is 1. The van der Waals surface area contributed by atoms with Gasteiger partial charge in [-0.3, -0.25) is 0 Å². The highest BCUT2D eigenvalue weighted by molar-refractivity contribution is 5.30. The van der Waals surface area contributed by atoms with Crippen LogP contribution in [0.1, 0.15) is 37.6 Å². The summed E-state index contributed by atoms with van der Waals surface area (Å²) in [6.07, 6.45) is 1.04. The summed E-state index contributed by atoms with van der Waals surface area (Å²) in [6.45, 7) is 6.17. The number of nitrogens with zero attached hydrogens (tertiary/aromatic N) is 2. The number of imidazole rings is 1. The van der Waals surface area contributed by atoms with Crippen LogP contribution in [0.3, 0.4) is 0 Å². The normalized spacial score (nSPS) is 13.2. The molecule has 0 saturated carbocycles. The van der Waals surface area contributed by atoms with E-state index in [1.54, 1.807) is 0 Å². The van der Waals surface area contributed by atoms with Crippen molar-refractivity contribution in [2.75, 3.05) is 11.6 Å². The minimum Gasteiger partial charge on any atom is -0.368 e. The lowest BCUT2D eigenvalue weighted by molar-refractivity contribution is 0.677. The summed E-state index contributed by atoms with van der Waals surface area (Å²) >= 11 is 0. The summed E-state index contributed by atoms with van der Waals surface area (Å²) in [4.78, 5) is 4.10. The van der Waals surface area contributed by atoms with Crippen LogP contribution in [-0.4, -0.2) is 9.66 Å². The lowest BCUT2D eigenvalue weighted by atomic mass is 10.0. The van der Waals surface area contributed by atoms with E-state index in [0.717, 1.165) is 17.8 Å². The Bertz CT molecular complexity index is 277. The number of nitrogen functional groups attached to an aromatic ring is 2. The molecule has 1 rings (SSSR count). The fourth-order valence-electron chi connectivity index (χ4n) is 1.37. The number of aromatic nitrogens is 2. The second-order valence-corrected chi connectivity index (χ2v) is 3.12. The van der Waals surface area contributed by atoms with Crippen molar-refractivity contribution in [2.24, 2.45) is 0 Å². The Labute approximate surface area is 72.5 Å². The molecular formula is C8H16N4. The molecule has 0 bridgehead atoms. The van der Waals surface area contributed by atoms with E-state index in [2.05, 4.69) is 18.8 Å². The van der Waals surface area contributed by atoms with E-state index in [1.165, 1.54) is 4.68 Å². The first-order valence-electron chi connectivity index (χ1n) is 4.17. The maximum Gasteiger partial charge on any atom is 0.219 e. The van der Waals surface area contributed by atoms with Gasteiger partial charge < -0.3 is 11.6 Å². The Kier molecular flexibility index (Phi) is 2.26. The van der Waals surface area contributed by atoms with Crippen LogP contribution < -0.4 is 11.6 Å². The van der Waals surface area contributed by atoms with Gasteiger partial charge in [-0.15, -0.1) is 0 Å². The van der Waals surface area contributed by atoms with Crippen LogP contribution >= 0.6 is 0 Å². The van der Waals surface area contributed by atoms with Crippen molar-refractivity contribution in [3.63, 3.8) is 0 Å². The van der Waals surface area contributed by atoms with Crippen LogP contribution in [0.4, 0.5) is 5.95 Å². The van der Waals surface area contributed by atoms with E-state index in [0.29, 0.717) is 11.9 Å². The van der Waals surface area contributed by atoms with E-state index in [4.69, 9.17) is 11.6 Å². The average molecular weight is 168 g/mol. The van der Waals surface area contributed by atoms with Crippen molar-refractivity contribution in [3.8, 4) is 0 Å². The first-order valence-corrected chi connectivity index (χ1v) is 4.17. The number of nitrogens with two attached hydrogens (primary N) is 2. The van der Waals surface area contributed by atoms with Crippen molar-refractivity contribution in [3.05, 3.63) is 11.4 Å². The van der Waals surface area contributed by atoms with Crippen molar-refractivity contribution in [2.45, 2.75) is 33.1 Å². The van der Waals surface area contributed by atoms with Gasteiger partial charge in [0.1, 0.15) is 0 Å². The van der Waals surface area contributed by atoms with Crippen LogP contribution in [-0.2, 0) is 0 Å². The van der Waals surface area contributed by atoms with Crippen molar-refractivity contribution < 1.29 is 0 Å². The highest BCUT2D eigenvalue weighted by Gasteiger charge is 2.14. The molecule has 1 heterocycles. The van der Waals surface area contributed by atoms with Gasteiger partial charge in [0.05, 0.1) is 11.4 Å². The monoisotopic (exact) mass is 168 g/mol. The molecule has 1 unspecified atom stereocenters. The zero-order chi connectivity index (χ0) is 9.30. The smallest absolute Gasteiger partial charge is 0.219 e. The molecule has 0 amide bonds. The van der Waals surface area contributed by atoms with Gasteiger partial charge in [-0.25, -0.2) is 9.66 Å². The second-order valence-electron chi connectivity index (χ2n) is 3.12. The molecule has 4 nitrogen and oxygen atoms in total. The van der Waals surface area contributed by atoms with E-state index in [9.17, 15) is 0 Å². The van der Waals surface area contributed by atoms with Gasteiger partial charge in [-0.05, 0) is 13.3 Å². The molecule has 1 aromatic heterocycles. The van der Waals surface area contributed by atoms with Crippen molar-refractivity contribution in [1.29, 1.82) is 0 Å². The van der Waals surface area contributed by atoms with Gasteiger partial charge in [0, 0.05) is 5.92 Å². The molecule has 0 aromatic carbocycles. The van der Waals surface area contributed by atoms with Crippen LogP contribution in [0, 0.1) is 6.92 Å². The molecule has 0 aliphatic carbocycles. The van der Waals surface area contributed by atoms with Crippen LogP contribution in [0.25, 0.3) is 0 Å². The standard InChI is InChI=1S/C8H16N4/c1-4-5(2)7-6(3)11-8(9)12(7)10/h5H,4,10H2,1-3H3,(H2,9,11). The molecular weight excluding hydrogens is 152 g/mol. The number of hydrogen-bond donors (Lipinski definition) is 2. The largest absolute Gasteiger partial charge is 0.368 e. The maximum atomic E-state index is 5.71. The summed E-state index contributed by atoms with van der Waals surface area (Å²) in [7, 11) is 0. The van der Waals surface area contributed by atoms with Crippen LogP contribution in [0.15, 0.2) is 0 Å². The number of rotatable bonds is 2. The van der Waals surface area contributed by atoms with Gasteiger partial charge in [0.25, 0.3) is 0 Å². The predicted molar refractivity (Wildman–Crippen MR) is 50.2 cm³/mol. The van der Waals surface area contributed by atoms with E-state index >= 15 is 0 Å². The zero-order valence-electron chi connectivity index (χ0n) is 7.83. The zero-order valence-corrected chi connectivity index (χ0v) is 7.83. The average Bonchev–Trinajstić information content (AvgIpc) is 2.26. The molecule has 0 spiro atoms. The third kappa shape index (κ3) is 1.24. The Balaban J connectivity index is 3.13. The Hall–Kier alpha value is -1.19. The van der Waals surface area contributed by atoms with E-state index < -0.39 is 0 Å². The molecule has 1 atom stereocenters. The fourth-order valence-corrected chi connectivity index (χ4v) is 1.37. The molecule has 0 fully saturated rings. The third-order valence-electron chi connectivity index (χ3n) is 2.24. The van der Waals surface area contributed by atoms with Gasteiger partial charge >= 0.3 is 0 Å². The minimum atomic E-state index is 0.391. The molecule has 0 aliphatic rings. The Morgan fingerprint density at radius 3 is 2.50 bits per heavy atom. The second kappa shape index (κ2) is 3.05. The molecule has 0 aliphatic heterocycles. The minimum absolute atomic E-state index is 0.391. The first-order chi connectivity index (χ1) is 5.57. The first kappa shape index (κ1) is 8.90. The SMILES string of the molecule is CCC(C)c1c(C)nc(N)n1N. The summed E-state index contributed by atoms with van der Waals surface area (Å²) in [6, 6.07) is 0. The lowest BCUT2D eigenvalue weighted by Gasteiger charge is -2.10. The van der Waals surface area contributed by atoms with E-state index in [1.807, 2.05) is 6.92 Å². The van der Waals surface area contributed by atoms with Gasteiger partial charge in [0.15, 0.2) is 0 Å². The molecule has 0 saturated heterocycles. The fraction of sp³-hybridized carbons (Fsp3) is 0.625. The Morgan fingerprint density at radius 1 is 1.58 bits per heavy atom. The van der Waals surface area contributed by atoms with Crippen LogP contribution in [0.5, 0.6) is 0 Å². The predicted octanol–water partition coefficient (Wildman–Crippen LogP) is 1.00. The third-order valence-corrected chi connectivity index (χ3v) is 2.24. The molecule has 1 aromatic rings. The lowest BCUT2D eigenvalue weighted by Crippen LogP contribution is -2.16. The molecule has 12 heavy (non-hydrogen) atoms. The maximum absolute atomic E-state index is 5.71. The van der Waals surface area contributed by atoms with E-state index in [-0.39, 0.29) is 0 Å². The molecule has 4 N–H and O–H groups in total. The quantitative estimate of drug-likeness (QED) is 0.647. The summed E-state index contributed by atoms with van der Waals surface area (Å²) < 4.78 is 1.48. The summed E-state index contributed by atoms with van der Waals surface area (Å²) in [5.41, 5.74) is 7.53. The molecule has 68 valence electrons. The Morgan fingerprint density at radius 2 is 2.17 bits per heavy atom. The van der Waals surface area contributed by atoms with Gasteiger partial charge in [-0.1, -0.05) is 13.8 Å². The topological polar surface area (TPSA) is 69.9 Å². The van der Waals surface area contributed by atoms with Crippen molar-refractivity contribution >= 4 is 5.95 Å². The van der Waals surface area contributed by atoms with Crippen LogP contribution in [0.2, 0.25) is 0 Å². The van der Waals surface area contributed by atoms with Gasteiger partial charge in [0.2, 0.25) is 5.95 Å². The number of aryl methyl sites for hydroxylation is 1. The molecule has 0 radical (unpaired) electrons. The van der Waals surface area contributed by atoms with Crippen molar-refractivity contribution in [1.82, 2.24) is 9.66 Å². The highest BCUT2D eigenvalue weighted by atomic mass is 15.4. The van der Waals surface area contributed by atoms with Gasteiger partial charge in [-0.2, -0.15) is 0 Å². The summed E-state index contributed by atoms with van der Waals surface area (Å²) in [5.74, 6) is 6.52. The number of hydrogen-bond acceptors (Lipinski definition) is 3.